The van der Waals surface area contributed by atoms with Gasteiger partial charge in [-0.2, -0.15) is 0 Å². The van der Waals surface area contributed by atoms with E-state index in [9.17, 15) is 0 Å². The van der Waals surface area contributed by atoms with Gasteiger partial charge in [-0.05, 0) is 19.8 Å². The number of hydrogen-bond acceptors (Lipinski definition) is 0. The Kier molecular flexibility index (Phi) is 0.272. The summed E-state index contributed by atoms with van der Waals surface area (Å²) in [5.74, 6) is 1.03. The number of allylic oxidation sites excluding steroid dienone is 2. The molecule has 0 heterocycles. The molecule has 0 nitrogen and oxygen atoms in total. The van der Waals surface area contributed by atoms with Crippen LogP contribution in [0.4, 0.5) is 0 Å². The van der Waals surface area contributed by atoms with Crippen molar-refractivity contribution in [1.82, 2.24) is 0 Å². The van der Waals surface area contributed by atoms with E-state index in [0.29, 0.717) is 0 Å². The third kappa shape index (κ3) is 0.129. The largest absolute Gasteiger partial charge is 0.0663 e. The summed E-state index contributed by atoms with van der Waals surface area (Å²) in [6, 6.07) is 0. The normalized spacial score (nSPS) is 38.5. The Balaban J connectivity index is 2.32. The zero-order valence-corrected chi connectivity index (χ0v) is 3.99. The van der Waals surface area contributed by atoms with E-state index in [1.54, 1.807) is 11.1 Å². The number of rotatable bonds is 0. The van der Waals surface area contributed by atoms with Gasteiger partial charge in [0, 0.05) is 5.92 Å². The van der Waals surface area contributed by atoms with Crippen LogP contribution in [0.3, 0.4) is 0 Å². The molecule has 0 N–H and O–H groups in total. The molecule has 32 valence electrons. The molecule has 1 fully saturated rings. The van der Waals surface area contributed by atoms with Gasteiger partial charge in [-0.3, -0.25) is 0 Å². The monoisotopic (exact) mass is 80.1 g/mol. The number of fused-ring (bicyclic) bond motifs is 1. The molecular formula is C6H8. The molecule has 2 aliphatic carbocycles. The molecule has 0 radical (unpaired) electrons. The minimum Gasteiger partial charge on any atom is -0.0663 e. The Morgan fingerprint density at radius 3 is 2.33 bits per heavy atom. The maximum Gasteiger partial charge on any atom is 0.00129 e. The lowest BCUT2D eigenvalue weighted by Gasteiger charge is -2.05. The predicted molar refractivity (Wildman–Crippen MR) is 25.4 cm³/mol. The van der Waals surface area contributed by atoms with E-state index in [0.717, 1.165) is 5.92 Å². The van der Waals surface area contributed by atoms with Crippen molar-refractivity contribution in [2.75, 3.05) is 0 Å². The summed E-state index contributed by atoms with van der Waals surface area (Å²) in [5.41, 5.74) is 3.48. The van der Waals surface area contributed by atoms with Gasteiger partial charge in [0.2, 0.25) is 0 Å². The Morgan fingerprint density at radius 2 is 2.33 bits per heavy atom. The fraction of sp³-hybridized carbons (Fsp3) is 0.667. The zero-order valence-electron chi connectivity index (χ0n) is 3.99. The fourth-order valence-corrected chi connectivity index (χ4v) is 1.31. The van der Waals surface area contributed by atoms with E-state index in [1.165, 1.54) is 12.8 Å². The van der Waals surface area contributed by atoms with E-state index >= 15 is 0 Å². The summed E-state index contributed by atoms with van der Waals surface area (Å²) >= 11 is 0. The fourth-order valence-electron chi connectivity index (χ4n) is 1.31. The van der Waals surface area contributed by atoms with Crippen LogP contribution in [-0.2, 0) is 0 Å². The molecule has 0 spiro atoms. The highest BCUT2D eigenvalue weighted by molar-refractivity contribution is 5.45. The molecular weight excluding hydrogens is 72.1 g/mol. The lowest BCUT2D eigenvalue weighted by molar-refractivity contribution is 0.632. The molecule has 0 saturated heterocycles. The van der Waals surface area contributed by atoms with Crippen molar-refractivity contribution in [3.8, 4) is 0 Å². The lowest BCUT2D eigenvalue weighted by atomic mass is 9.99. The molecule has 0 bridgehead atoms. The van der Waals surface area contributed by atoms with Crippen molar-refractivity contribution >= 4 is 0 Å². The summed E-state index contributed by atoms with van der Waals surface area (Å²) in [5, 5.41) is 0. The molecule has 1 atom stereocenters. The van der Waals surface area contributed by atoms with Crippen LogP contribution < -0.4 is 0 Å². The summed E-state index contributed by atoms with van der Waals surface area (Å²) in [4.78, 5) is 0. The second kappa shape index (κ2) is 0.575. The van der Waals surface area contributed by atoms with Crippen molar-refractivity contribution in [2.45, 2.75) is 19.8 Å². The standard InChI is InChI=1S/C6H8/c1-4-5-2-3-6(4)5/h5H,2-3H2,1H3. The second-order valence-corrected chi connectivity index (χ2v) is 2.30. The summed E-state index contributed by atoms with van der Waals surface area (Å²) < 4.78 is 0. The molecule has 1 saturated carbocycles. The van der Waals surface area contributed by atoms with Gasteiger partial charge >= 0.3 is 0 Å². The summed E-state index contributed by atoms with van der Waals surface area (Å²) in [7, 11) is 0. The van der Waals surface area contributed by atoms with Gasteiger partial charge in [-0.15, -0.1) is 0 Å². The topological polar surface area (TPSA) is 0 Å². The first-order valence-electron chi connectivity index (χ1n) is 2.59. The van der Waals surface area contributed by atoms with Crippen LogP contribution in [0.5, 0.6) is 0 Å². The van der Waals surface area contributed by atoms with E-state index in [4.69, 9.17) is 0 Å². The van der Waals surface area contributed by atoms with Crippen molar-refractivity contribution < 1.29 is 0 Å². The quantitative estimate of drug-likeness (QED) is 0.389. The first-order chi connectivity index (χ1) is 2.89. The van der Waals surface area contributed by atoms with E-state index < -0.39 is 0 Å². The first kappa shape index (κ1) is 2.84. The first-order valence-corrected chi connectivity index (χ1v) is 2.59. The summed E-state index contributed by atoms with van der Waals surface area (Å²) in [6.45, 7) is 2.26. The van der Waals surface area contributed by atoms with Gasteiger partial charge in [0.15, 0.2) is 0 Å². The Hall–Kier alpha value is -0.260. The number of hydrogen-bond donors (Lipinski definition) is 0. The van der Waals surface area contributed by atoms with E-state index in [2.05, 4.69) is 6.92 Å². The van der Waals surface area contributed by atoms with Crippen molar-refractivity contribution in [3.05, 3.63) is 11.1 Å². The summed E-state index contributed by atoms with van der Waals surface area (Å²) in [6.07, 6.45) is 2.90. The Morgan fingerprint density at radius 1 is 1.67 bits per heavy atom. The predicted octanol–water partition coefficient (Wildman–Crippen LogP) is 1.73. The van der Waals surface area contributed by atoms with Gasteiger partial charge < -0.3 is 0 Å². The van der Waals surface area contributed by atoms with Crippen LogP contribution in [0.25, 0.3) is 0 Å². The van der Waals surface area contributed by atoms with Crippen LogP contribution >= 0.6 is 0 Å². The van der Waals surface area contributed by atoms with Crippen molar-refractivity contribution in [2.24, 2.45) is 5.92 Å². The molecule has 2 rings (SSSR count). The van der Waals surface area contributed by atoms with Gasteiger partial charge in [0.05, 0.1) is 0 Å². The van der Waals surface area contributed by atoms with Crippen LogP contribution in [0.2, 0.25) is 0 Å². The average Bonchev–Trinajstić information content (AvgIpc) is 1.63. The third-order valence-corrected chi connectivity index (χ3v) is 2.07. The molecule has 0 heteroatoms. The molecule has 0 amide bonds. The average molecular weight is 80.1 g/mol. The SMILES string of the molecule is CC1=C2CCC12. The van der Waals surface area contributed by atoms with Crippen molar-refractivity contribution in [3.63, 3.8) is 0 Å². The molecule has 6 heavy (non-hydrogen) atoms. The third-order valence-electron chi connectivity index (χ3n) is 2.07. The highest BCUT2D eigenvalue weighted by Gasteiger charge is 2.39. The molecule has 1 unspecified atom stereocenters. The van der Waals surface area contributed by atoms with Gasteiger partial charge in [-0.25, -0.2) is 0 Å². The molecule has 0 aromatic carbocycles. The Bertz CT molecular complexity index is 114. The van der Waals surface area contributed by atoms with Gasteiger partial charge in [0.1, 0.15) is 0 Å². The van der Waals surface area contributed by atoms with Gasteiger partial charge in [0.25, 0.3) is 0 Å². The lowest BCUT2D eigenvalue weighted by Crippen LogP contribution is -1.92. The van der Waals surface area contributed by atoms with Crippen LogP contribution in [0.1, 0.15) is 19.8 Å². The molecule has 2 aliphatic rings. The Labute approximate surface area is 37.9 Å². The highest BCUT2D eigenvalue weighted by atomic mass is 14.4. The minimum atomic E-state index is 1.03. The minimum absolute atomic E-state index is 1.03. The second-order valence-electron chi connectivity index (χ2n) is 2.30. The maximum absolute atomic E-state index is 2.26. The zero-order chi connectivity index (χ0) is 4.15. The highest BCUT2D eigenvalue weighted by Crippen LogP contribution is 2.54. The van der Waals surface area contributed by atoms with E-state index in [1.807, 2.05) is 0 Å². The molecule has 0 aromatic heterocycles. The van der Waals surface area contributed by atoms with Crippen LogP contribution in [0, 0.1) is 5.92 Å². The molecule has 0 aromatic rings. The smallest absolute Gasteiger partial charge is 0.00129 e. The van der Waals surface area contributed by atoms with Crippen LogP contribution in [-0.4, -0.2) is 0 Å². The van der Waals surface area contributed by atoms with E-state index in [-0.39, 0.29) is 0 Å². The van der Waals surface area contributed by atoms with Crippen LogP contribution in [0.15, 0.2) is 11.1 Å². The van der Waals surface area contributed by atoms with Crippen molar-refractivity contribution in [1.29, 1.82) is 0 Å². The van der Waals surface area contributed by atoms with Gasteiger partial charge in [-0.1, -0.05) is 11.1 Å². The molecule has 0 aliphatic heterocycles. The maximum atomic E-state index is 2.26.